The maximum absolute atomic E-state index is 13.4. The predicted octanol–water partition coefficient (Wildman–Crippen LogP) is 2.01. The molecule has 19 heavy (non-hydrogen) atoms. The quantitative estimate of drug-likeness (QED) is 0.861. The minimum atomic E-state index is -1.05. The monoisotopic (exact) mass is 271 g/mol. The zero-order chi connectivity index (χ0) is 13.8. The number of halogens is 2. The molecule has 0 aromatic heterocycles. The molecule has 3 unspecified atom stereocenters. The lowest BCUT2D eigenvalue weighted by molar-refractivity contribution is 0.103. The van der Waals surface area contributed by atoms with Crippen molar-refractivity contribution < 1.29 is 18.6 Å². The second-order valence-electron chi connectivity index (χ2n) is 4.96. The summed E-state index contributed by atoms with van der Waals surface area (Å²) in [5.74, 6) is -0.730. The number of hydrogen-bond acceptors (Lipinski definition) is 3. The molecule has 1 saturated heterocycles. The summed E-state index contributed by atoms with van der Waals surface area (Å²) in [7, 11) is 0. The van der Waals surface area contributed by atoms with Crippen LogP contribution in [-0.4, -0.2) is 30.9 Å². The second-order valence-corrected chi connectivity index (χ2v) is 4.96. The van der Waals surface area contributed by atoms with Crippen LogP contribution in [0.2, 0.25) is 0 Å². The fraction of sp³-hybridized carbons (Fsp3) is 0.571. The summed E-state index contributed by atoms with van der Waals surface area (Å²) in [6.45, 7) is 3.68. The molecule has 0 spiro atoms. The van der Waals surface area contributed by atoms with Gasteiger partial charge in [-0.1, -0.05) is 0 Å². The molecule has 1 heterocycles. The van der Waals surface area contributed by atoms with Crippen molar-refractivity contribution in [2.24, 2.45) is 5.92 Å². The Morgan fingerprint density at radius 3 is 2.95 bits per heavy atom. The van der Waals surface area contributed by atoms with E-state index in [9.17, 15) is 13.9 Å². The van der Waals surface area contributed by atoms with Crippen molar-refractivity contribution in [3.05, 3.63) is 35.4 Å². The van der Waals surface area contributed by atoms with Gasteiger partial charge in [-0.15, -0.1) is 0 Å². The smallest absolute Gasteiger partial charge is 0.129 e. The molecule has 1 aliphatic rings. The van der Waals surface area contributed by atoms with Crippen LogP contribution in [0, 0.1) is 17.6 Å². The largest absolute Gasteiger partial charge is 0.387 e. The van der Waals surface area contributed by atoms with Gasteiger partial charge in [0.1, 0.15) is 11.6 Å². The molecule has 1 aromatic rings. The zero-order valence-corrected chi connectivity index (χ0v) is 10.9. The third kappa shape index (κ3) is 3.72. The van der Waals surface area contributed by atoms with Crippen LogP contribution in [0.15, 0.2) is 18.2 Å². The molecular weight excluding hydrogens is 252 g/mol. The van der Waals surface area contributed by atoms with Crippen molar-refractivity contribution in [3.8, 4) is 0 Å². The van der Waals surface area contributed by atoms with E-state index in [0.29, 0.717) is 12.5 Å². The van der Waals surface area contributed by atoms with Crippen molar-refractivity contribution in [2.75, 3.05) is 19.7 Å². The molecule has 0 bridgehead atoms. The van der Waals surface area contributed by atoms with E-state index >= 15 is 0 Å². The first-order valence-corrected chi connectivity index (χ1v) is 6.53. The van der Waals surface area contributed by atoms with E-state index in [2.05, 4.69) is 5.32 Å². The summed E-state index contributed by atoms with van der Waals surface area (Å²) in [6.07, 6.45) is 0.141. The van der Waals surface area contributed by atoms with Crippen molar-refractivity contribution in [1.82, 2.24) is 5.32 Å². The lowest BCUT2D eigenvalue weighted by atomic mass is 10.0. The van der Waals surface area contributed by atoms with Crippen LogP contribution in [0.3, 0.4) is 0 Å². The van der Waals surface area contributed by atoms with Crippen LogP contribution in [0.5, 0.6) is 0 Å². The van der Waals surface area contributed by atoms with Crippen molar-refractivity contribution in [2.45, 2.75) is 25.6 Å². The number of ether oxygens (including phenoxy) is 1. The highest BCUT2D eigenvalue weighted by molar-refractivity contribution is 5.21. The highest BCUT2D eigenvalue weighted by Gasteiger charge is 2.24. The number of hydrogen-bond donors (Lipinski definition) is 2. The summed E-state index contributed by atoms with van der Waals surface area (Å²) >= 11 is 0. The number of nitrogens with one attached hydrogen (secondary N) is 1. The summed E-state index contributed by atoms with van der Waals surface area (Å²) in [5, 5.41) is 12.9. The van der Waals surface area contributed by atoms with E-state index in [-0.39, 0.29) is 18.2 Å². The maximum Gasteiger partial charge on any atom is 0.129 e. The van der Waals surface area contributed by atoms with Crippen molar-refractivity contribution in [1.29, 1.82) is 0 Å². The molecule has 3 nitrogen and oxygen atoms in total. The molecule has 1 aromatic carbocycles. The minimum Gasteiger partial charge on any atom is -0.387 e. The molecule has 0 amide bonds. The molecule has 0 aliphatic carbocycles. The van der Waals surface area contributed by atoms with Crippen molar-refractivity contribution in [3.63, 3.8) is 0 Å². The van der Waals surface area contributed by atoms with Crippen LogP contribution >= 0.6 is 0 Å². The number of aliphatic hydroxyl groups excluding tert-OH is 1. The molecule has 0 saturated carbocycles. The van der Waals surface area contributed by atoms with Gasteiger partial charge in [-0.2, -0.15) is 0 Å². The van der Waals surface area contributed by atoms with Gasteiger partial charge in [0, 0.05) is 25.3 Å². The third-order valence-electron chi connectivity index (χ3n) is 3.59. The molecular formula is C14H19F2NO2. The normalized spacial score (nSPS) is 24.6. The van der Waals surface area contributed by atoms with E-state index in [1.807, 2.05) is 6.92 Å². The van der Waals surface area contributed by atoms with Crippen LogP contribution in [0.1, 0.15) is 25.0 Å². The van der Waals surface area contributed by atoms with Crippen LogP contribution in [0.25, 0.3) is 0 Å². The average molecular weight is 271 g/mol. The Hall–Kier alpha value is -1.04. The summed E-state index contributed by atoms with van der Waals surface area (Å²) in [6, 6.07) is 3.10. The average Bonchev–Trinajstić information content (AvgIpc) is 2.78. The molecule has 2 N–H and O–H groups in total. The summed E-state index contributed by atoms with van der Waals surface area (Å²) in [4.78, 5) is 0. The molecule has 1 aliphatic heterocycles. The number of benzene rings is 1. The van der Waals surface area contributed by atoms with Gasteiger partial charge in [-0.05, 0) is 37.5 Å². The van der Waals surface area contributed by atoms with E-state index in [1.54, 1.807) is 0 Å². The Kier molecular flexibility index (Phi) is 4.85. The van der Waals surface area contributed by atoms with Crippen LogP contribution in [0.4, 0.5) is 8.78 Å². The summed E-state index contributed by atoms with van der Waals surface area (Å²) in [5.41, 5.74) is -0.0109. The SMILES string of the molecule is CC1OCCC1CNCC(O)c1cc(F)ccc1F. The summed E-state index contributed by atoms with van der Waals surface area (Å²) < 4.78 is 31.9. The topological polar surface area (TPSA) is 41.5 Å². The van der Waals surface area contributed by atoms with Crippen molar-refractivity contribution >= 4 is 0 Å². The molecule has 106 valence electrons. The van der Waals surface area contributed by atoms with E-state index < -0.39 is 17.7 Å². The van der Waals surface area contributed by atoms with E-state index in [1.165, 1.54) is 0 Å². The van der Waals surface area contributed by atoms with Gasteiger partial charge in [-0.25, -0.2) is 8.78 Å². The fourth-order valence-electron chi connectivity index (χ4n) is 2.33. The minimum absolute atomic E-state index is 0.0109. The van der Waals surface area contributed by atoms with Gasteiger partial charge in [0.05, 0.1) is 12.2 Å². The third-order valence-corrected chi connectivity index (χ3v) is 3.59. The Morgan fingerprint density at radius 1 is 1.47 bits per heavy atom. The molecule has 2 rings (SSSR count). The second kappa shape index (κ2) is 6.41. The Bertz CT molecular complexity index is 428. The number of rotatable bonds is 5. The number of aliphatic hydroxyl groups is 1. The van der Waals surface area contributed by atoms with Crippen LogP contribution < -0.4 is 5.32 Å². The van der Waals surface area contributed by atoms with Gasteiger partial charge < -0.3 is 15.2 Å². The van der Waals surface area contributed by atoms with E-state index in [4.69, 9.17) is 4.74 Å². The molecule has 5 heteroatoms. The van der Waals surface area contributed by atoms with Crippen LogP contribution in [-0.2, 0) is 4.74 Å². The Balaban J connectivity index is 1.83. The van der Waals surface area contributed by atoms with Gasteiger partial charge in [0.25, 0.3) is 0 Å². The van der Waals surface area contributed by atoms with Gasteiger partial charge in [-0.3, -0.25) is 0 Å². The van der Waals surface area contributed by atoms with Gasteiger partial charge >= 0.3 is 0 Å². The molecule has 0 radical (unpaired) electrons. The standard InChI is InChI=1S/C14H19F2NO2/c1-9-10(4-5-19-9)7-17-8-14(18)12-6-11(15)2-3-13(12)16/h2-3,6,9-10,14,17-18H,4-5,7-8H2,1H3. The predicted molar refractivity (Wildman–Crippen MR) is 67.7 cm³/mol. The maximum atomic E-state index is 13.4. The van der Waals surface area contributed by atoms with Gasteiger partial charge in [0.15, 0.2) is 0 Å². The highest BCUT2D eigenvalue weighted by Crippen LogP contribution is 2.20. The Labute approximate surface area is 111 Å². The lowest BCUT2D eigenvalue weighted by Crippen LogP contribution is -2.30. The van der Waals surface area contributed by atoms with Gasteiger partial charge in [0.2, 0.25) is 0 Å². The first-order valence-electron chi connectivity index (χ1n) is 6.53. The molecule has 3 atom stereocenters. The fourth-order valence-corrected chi connectivity index (χ4v) is 2.33. The highest BCUT2D eigenvalue weighted by atomic mass is 19.1. The van der Waals surface area contributed by atoms with E-state index in [0.717, 1.165) is 31.2 Å². The first-order chi connectivity index (χ1) is 9.08. The Morgan fingerprint density at radius 2 is 2.26 bits per heavy atom. The molecule has 1 fully saturated rings. The zero-order valence-electron chi connectivity index (χ0n) is 10.9. The lowest BCUT2D eigenvalue weighted by Gasteiger charge is -2.17. The first kappa shape index (κ1) is 14.4.